The first-order chi connectivity index (χ1) is 10.4. The van der Waals surface area contributed by atoms with Crippen LogP contribution in [0, 0.1) is 11.6 Å². The van der Waals surface area contributed by atoms with E-state index in [4.69, 9.17) is 11.6 Å². The Morgan fingerprint density at radius 2 is 1.91 bits per heavy atom. The highest BCUT2D eigenvalue weighted by Gasteiger charge is 2.11. The number of carbonyl (C=O) groups excluding carboxylic acids is 1. The molecule has 0 saturated carbocycles. The minimum atomic E-state index is -1.01. The van der Waals surface area contributed by atoms with E-state index < -0.39 is 17.5 Å². The summed E-state index contributed by atoms with van der Waals surface area (Å²) in [6.07, 6.45) is 0. The van der Waals surface area contributed by atoms with Crippen molar-refractivity contribution in [3.63, 3.8) is 0 Å². The Kier molecular flexibility index (Phi) is 4.72. The Labute approximate surface area is 130 Å². The summed E-state index contributed by atoms with van der Waals surface area (Å²) in [4.78, 5) is 11.9. The Hall–Kier alpha value is -2.47. The summed E-state index contributed by atoms with van der Waals surface area (Å²) in [6.45, 7) is 1.52. The number of hydrogen-bond acceptors (Lipinski definition) is 3. The maximum atomic E-state index is 13.1. The summed E-state index contributed by atoms with van der Waals surface area (Å²) in [6, 6.07) is 7.27. The lowest BCUT2D eigenvalue weighted by Crippen LogP contribution is -2.19. The fourth-order valence-corrected chi connectivity index (χ4v) is 1.84. The predicted molar refractivity (Wildman–Crippen MR) is 79.2 cm³/mol. The molecule has 0 aromatic heterocycles. The Balaban J connectivity index is 2.18. The summed E-state index contributed by atoms with van der Waals surface area (Å²) >= 11 is 5.75. The Morgan fingerprint density at radius 1 is 1.18 bits per heavy atom. The standard InChI is InChI=1S/C15H11ClF2N2O2/c1-8(9-2-4-12(17)13(18)6-9)19-20-15(22)11-7-10(16)3-5-14(11)21/h2-7,21H,1H3,(H,20,22)/b19-8-. The molecule has 0 bridgehead atoms. The molecule has 0 aliphatic rings. The number of carbonyl (C=O) groups is 1. The molecule has 22 heavy (non-hydrogen) atoms. The first-order valence-electron chi connectivity index (χ1n) is 6.17. The van der Waals surface area contributed by atoms with Crippen molar-refractivity contribution in [3.8, 4) is 5.75 Å². The van der Waals surface area contributed by atoms with Gasteiger partial charge in [-0.2, -0.15) is 5.10 Å². The van der Waals surface area contributed by atoms with Crippen LogP contribution in [0.15, 0.2) is 41.5 Å². The van der Waals surface area contributed by atoms with Crippen LogP contribution in [0.5, 0.6) is 5.75 Å². The fourth-order valence-electron chi connectivity index (χ4n) is 1.67. The zero-order valence-electron chi connectivity index (χ0n) is 11.4. The van der Waals surface area contributed by atoms with Crippen molar-refractivity contribution in [2.75, 3.05) is 0 Å². The van der Waals surface area contributed by atoms with Gasteiger partial charge >= 0.3 is 0 Å². The van der Waals surface area contributed by atoms with E-state index in [0.717, 1.165) is 12.1 Å². The van der Waals surface area contributed by atoms with Gasteiger partial charge < -0.3 is 5.11 Å². The maximum absolute atomic E-state index is 13.1. The van der Waals surface area contributed by atoms with Gasteiger partial charge in [-0.1, -0.05) is 11.6 Å². The third-order valence-corrected chi connectivity index (χ3v) is 3.10. The van der Waals surface area contributed by atoms with Crippen LogP contribution in [0.3, 0.4) is 0 Å². The second-order valence-corrected chi connectivity index (χ2v) is 4.86. The molecule has 0 atom stereocenters. The van der Waals surface area contributed by atoms with E-state index in [9.17, 15) is 18.7 Å². The summed E-state index contributed by atoms with van der Waals surface area (Å²) in [5, 5.41) is 13.7. The molecular formula is C15H11ClF2N2O2. The molecule has 0 aliphatic carbocycles. The lowest BCUT2D eigenvalue weighted by atomic mass is 10.1. The molecule has 2 N–H and O–H groups in total. The molecule has 0 fully saturated rings. The van der Waals surface area contributed by atoms with Crippen LogP contribution in [0.1, 0.15) is 22.8 Å². The van der Waals surface area contributed by atoms with Gasteiger partial charge in [0.25, 0.3) is 5.91 Å². The highest BCUT2D eigenvalue weighted by Crippen LogP contribution is 2.21. The number of amides is 1. The van der Waals surface area contributed by atoms with Crippen molar-refractivity contribution in [2.45, 2.75) is 6.92 Å². The van der Waals surface area contributed by atoms with Crippen molar-refractivity contribution in [3.05, 3.63) is 64.2 Å². The second kappa shape index (κ2) is 6.53. The van der Waals surface area contributed by atoms with Crippen molar-refractivity contribution in [1.82, 2.24) is 5.43 Å². The number of halogens is 3. The van der Waals surface area contributed by atoms with Gasteiger partial charge in [-0.25, -0.2) is 14.2 Å². The van der Waals surface area contributed by atoms with Crippen LogP contribution in [0.2, 0.25) is 5.02 Å². The molecule has 2 aromatic carbocycles. The minimum Gasteiger partial charge on any atom is -0.507 e. The number of nitrogens with zero attached hydrogens (tertiary/aromatic N) is 1. The number of nitrogens with one attached hydrogen (secondary N) is 1. The quantitative estimate of drug-likeness (QED) is 0.670. The van der Waals surface area contributed by atoms with E-state index in [1.54, 1.807) is 0 Å². The summed E-state index contributed by atoms with van der Waals surface area (Å²) in [5.41, 5.74) is 2.75. The lowest BCUT2D eigenvalue weighted by molar-refractivity contribution is 0.0952. The third-order valence-electron chi connectivity index (χ3n) is 2.87. The van der Waals surface area contributed by atoms with Crippen LogP contribution in [0.4, 0.5) is 8.78 Å². The van der Waals surface area contributed by atoms with Gasteiger partial charge in [-0.3, -0.25) is 4.79 Å². The molecule has 2 rings (SSSR count). The molecule has 0 aliphatic heterocycles. The van der Waals surface area contributed by atoms with Gasteiger partial charge in [0.1, 0.15) is 5.75 Å². The van der Waals surface area contributed by atoms with E-state index in [0.29, 0.717) is 5.56 Å². The number of hydrogen-bond donors (Lipinski definition) is 2. The first-order valence-corrected chi connectivity index (χ1v) is 6.55. The molecule has 0 spiro atoms. The topological polar surface area (TPSA) is 61.7 Å². The first kappa shape index (κ1) is 15.9. The second-order valence-electron chi connectivity index (χ2n) is 4.43. The molecule has 0 saturated heterocycles. The van der Waals surface area contributed by atoms with Gasteiger partial charge in [0.05, 0.1) is 11.3 Å². The summed E-state index contributed by atoms with van der Waals surface area (Å²) in [7, 11) is 0. The van der Waals surface area contributed by atoms with Crippen LogP contribution in [-0.2, 0) is 0 Å². The Bertz CT molecular complexity index is 763. The fraction of sp³-hybridized carbons (Fsp3) is 0.0667. The van der Waals surface area contributed by atoms with Crippen LogP contribution in [-0.4, -0.2) is 16.7 Å². The van der Waals surface area contributed by atoms with Crippen LogP contribution >= 0.6 is 11.6 Å². The summed E-state index contributed by atoms with van der Waals surface area (Å²) < 4.78 is 26.0. The van der Waals surface area contributed by atoms with Crippen LogP contribution < -0.4 is 5.43 Å². The molecule has 4 nitrogen and oxygen atoms in total. The highest BCUT2D eigenvalue weighted by molar-refractivity contribution is 6.31. The lowest BCUT2D eigenvalue weighted by Gasteiger charge is -2.05. The van der Waals surface area contributed by atoms with Gasteiger partial charge in [-0.15, -0.1) is 0 Å². The molecule has 114 valence electrons. The van der Waals surface area contributed by atoms with Crippen molar-refractivity contribution >= 4 is 23.2 Å². The van der Waals surface area contributed by atoms with Gasteiger partial charge in [0, 0.05) is 10.6 Å². The maximum Gasteiger partial charge on any atom is 0.275 e. The monoisotopic (exact) mass is 324 g/mol. The van der Waals surface area contributed by atoms with Crippen molar-refractivity contribution in [1.29, 1.82) is 0 Å². The van der Waals surface area contributed by atoms with Crippen LogP contribution in [0.25, 0.3) is 0 Å². The summed E-state index contributed by atoms with van der Waals surface area (Å²) in [5.74, 6) is -2.90. The smallest absolute Gasteiger partial charge is 0.275 e. The van der Waals surface area contributed by atoms with E-state index in [-0.39, 0.29) is 22.0 Å². The number of phenolic OH excluding ortho intramolecular Hbond substituents is 1. The third kappa shape index (κ3) is 3.59. The molecule has 0 heterocycles. The van der Waals surface area contributed by atoms with Gasteiger partial charge in [0.15, 0.2) is 11.6 Å². The Morgan fingerprint density at radius 3 is 2.59 bits per heavy atom. The minimum absolute atomic E-state index is 0.0469. The van der Waals surface area contributed by atoms with Gasteiger partial charge in [-0.05, 0) is 43.3 Å². The average Bonchev–Trinajstić information content (AvgIpc) is 2.49. The zero-order valence-corrected chi connectivity index (χ0v) is 12.2. The normalized spacial score (nSPS) is 11.4. The van der Waals surface area contributed by atoms with E-state index in [1.165, 1.54) is 31.2 Å². The molecule has 2 aromatic rings. The number of aromatic hydroxyl groups is 1. The molecule has 0 unspecified atom stereocenters. The molecule has 7 heteroatoms. The SMILES string of the molecule is C/C(=N/NC(=O)c1cc(Cl)ccc1O)c1ccc(F)c(F)c1. The molecule has 1 amide bonds. The number of benzene rings is 2. The largest absolute Gasteiger partial charge is 0.507 e. The van der Waals surface area contributed by atoms with E-state index >= 15 is 0 Å². The molecular weight excluding hydrogens is 314 g/mol. The highest BCUT2D eigenvalue weighted by atomic mass is 35.5. The van der Waals surface area contributed by atoms with Crippen molar-refractivity contribution in [2.24, 2.45) is 5.10 Å². The van der Waals surface area contributed by atoms with Crippen molar-refractivity contribution < 1.29 is 18.7 Å². The van der Waals surface area contributed by atoms with Gasteiger partial charge in [0.2, 0.25) is 0 Å². The van der Waals surface area contributed by atoms with E-state index in [1.807, 2.05) is 0 Å². The molecule has 0 radical (unpaired) electrons. The zero-order chi connectivity index (χ0) is 16.3. The predicted octanol–water partition coefficient (Wildman–Crippen LogP) is 3.48. The number of rotatable bonds is 3. The number of hydrazone groups is 1. The average molecular weight is 325 g/mol. The van der Waals surface area contributed by atoms with E-state index in [2.05, 4.69) is 10.5 Å². The number of phenols is 1.